The van der Waals surface area contributed by atoms with Gasteiger partial charge in [0.15, 0.2) is 5.96 Å². The summed E-state index contributed by atoms with van der Waals surface area (Å²) < 4.78 is 0. The second-order valence-corrected chi connectivity index (χ2v) is 8.02. The molecule has 3 N–H and O–H groups in total. The Balaban J connectivity index is 2.02. The van der Waals surface area contributed by atoms with Crippen LogP contribution in [0.2, 0.25) is 5.02 Å². The van der Waals surface area contributed by atoms with E-state index in [0.717, 1.165) is 17.7 Å². The maximum atomic E-state index is 12.4. The Labute approximate surface area is 172 Å². The van der Waals surface area contributed by atoms with Crippen LogP contribution in [0.5, 0.6) is 0 Å². The molecule has 1 amide bonds. The Kier molecular flexibility index (Phi) is 7.88. The van der Waals surface area contributed by atoms with Gasteiger partial charge in [-0.1, -0.05) is 35.9 Å². The van der Waals surface area contributed by atoms with E-state index in [9.17, 15) is 4.79 Å². The molecule has 0 aliphatic heterocycles. The molecule has 0 aliphatic rings. The Bertz CT molecular complexity index is 827. The van der Waals surface area contributed by atoms with Crippen molar-refractivity contribution in [2.24, 2.45) is 4.99 Å². The van der Waals surface area contributed by atoms with Gasteiger partial charge in [-0.25, -0.2) is 4.99 Å². The van der Waals surface area contributed by atoms with Crippen LogP contribution in [-0.2, 0) is 13.1 Å². The monoisotopic (exact) mass is 400 g/mol. The van der Waals surface area contributed by atoms with Gasteiger partial charge in [0.2, 0.25) is 0 Å². The predicted molar refractivity (Wildman–Crippen MR) is 117 cm³/mol. The van der Waals surface area contributed by atoms with Crippen molar-refractivity contribution >= 4 is 23.5 Å². The topological polar surface area (TPSA) is 65.5 Å². The number of benzene rings is 2. The number of halogens is 1. The van der Waals surface area contributed by atoms with E-state index in [0.29, 0.717) is 29.6 Å². The Morgan fingerprint density at radius 2 is 1.75 bits per heavy atom. The largest absolute Gasteiger partial charge is 0.357 e. The first-order valence-corrected chi connectivity index (χ1v) is 9.82. The van der Waals surface area contributed by atoms with Gasteiger partial charge in [0.05, 0.1) is 6.54 Å². The molecule has 0 bridgehead atoms. The molecule has 2 aromatic carbocycles. The van der Waals surface area contributed by atoms with Crippen molar-refractivity contribution in [3.05, 3.63) is 70.2 Å². The fourth-order valence-corrected chi connectivity index (χ4v) is 2.78. The van der Waals surface area contributed by atoms with Crippen LogP contribution in [0.25, 0.3) is 0 Å². The van der Waals surface area contributed by atoms with Crippen LogP contribution in [0, 0.1) is 0 Å². The summed E-state index contributed by atoms with van der Waals surface area (Å²) in [6, 6.07) is 15.3. The molecule has 0 unspecified atom stereocenters. The summed E-state index contributed by atoms with van der Waals surface area (Å²) in [5.41, 5.74) is 2.44. The maximum absolute atomic E-state index is 12.4. The van der Waals surface area contributed by atoms with E-state index in [1.54, 1.807) is 0 Å². The summed E-state index contributed by atoms with van der Waals surface area (Å²) in [6.07, 6.45) is 0. The fraction of sp³-hybridized carbons (Fsp3) is 0.364. The molecule has 0 atom stereocenters. The van der Waals surface area contributed by atoms with E-state index >= 15 is 0 Å². The zero-order chi connectivity index (χ0) is 20.6. The van der Waals surface area contributed by atoms with Gasteiger partial charge in [0.1, 0.15) is 0 Å². The lowest BCUT2D eigenvalue weighted by molar-refractivity contribution is 0.0919. The first-order valence-electron chi connectivity index (χ1n) is 9.45. The van der Waals surface area contributed by atoms with Crippen LogP contribution in [0.4, 0.5) is 0 Å². The van der Waals surface area contributed by atoms with Crippen molar-refractivity contribution in [1.29, 1.82) is 0 Å². The molecule has 0 saturated heterocycles. The number of hydrogen-bond acceptors (Lipinski definition) is 2. The minimum atomic E-state index is -0.267. The van der Waals surface area contributed by atoms with E-state index < -0.39 is 0 Å². The first-order chi connectivity index (χ1) is 13.3. The molecule has 5 nitrogen and oxygen atoms in total. The van der Waals surface area contributed by atoms with Crippen molar-refractivity contribution in [1.82, 2.24) is 16.0 Å². The van der Waals surface area contributed by atoms with Gasteiger partial charge < -0.3 is 16.0 Å². The smallest absolute Gasteiger partial charge is 0.251 e. The lowest BCUT2D eigenvalue weighted by Crippen LogP contribution is -2.40. The molecular weight excluding hydrogens is 372 g/mol. The van der Waals surface area contributed by atoms with E-state index in [2.05, 4.69) is 20.9 Å². The second-order valence-electron chi connectivity index (χ2n) is 7.58. The van der Waals surface area contributed by atoms with Crippen LogP contribution >= 0.6 is 11.6 Å². The summed E-state index contributed by atoms with van der Waals surface area (Å²) in [6.45, 7) is 9.78. The zero-order valence-electron chi connectivity index (χ0n) is 17.0. The number of rotatable bonds is 6. The molecule has 0 aromatic heterocycles. The number of hydrogen-bond donors (Lipinski definition) is 3. The number of amides is 1. The number of guanidine groups is 1. The van der Waals surface area contributed by atoms with Gasteiger partial charge in [-0.15, -0.1) is 0 Å². The highest BCUT2D eigenvalue weighted by Gasteiger charge is 2.15. The van der Waals surface area contributed by atoms with Gasteiger partial charge in [0, 0.05) is 29.2 Å². The zero-order valence-corrected chi connectivity index (χ0v) is 17.7. The van der Waals surface area contributed by atoms with E-state index in [1.165, 1.54) is 0 Å². The molecule has 0 radical (unpaired) electrons. The minimum absolute atomic E-state index is 0.0733. The molecule has 2 rings (SSSR count). The number of carbonyl (C=O) groups is 1. The summed E-state index contributed by atoms with van der Waals surface area (Å²) in [5.74, 6) is 0.642. The van der Waals surface area contributed by atoms with Crippen LogP contribution in [0.3, 0.4) is 0 Å². The molecule has 28 heavy (non-hydrogen) atoms. The third-order valence-electron chi connectivity index (χ3n) is 3.79. The summed E-state index contributed by atoms with van der Waals surface area (Å²) in [7, 11) is 0. The number of carbonyl (C=O) groups excluding carboxylic acids is 1. The third kappa shape index (κ3) is 7.61. The summed E-state index contributed by atoms with van der Waals surface area (Å²) in [5, 5.41) is 10.2. The molecule has 150 valence electrons. The Morgan fingerprint density at radius 1 is 1.04 bits per heavy atom. The van der Waals surface area contributed by atoms with E-state index in [1.807, 2.05) is 76.2 Å². The molecular formula is C22H29ClN4O. The number of nitrogens with zero attached hydrogens (tertiary/aromatic N) is 1. The van der Waals surface area contributed by atoms with Crippen molar-refractivity contribution < 1.29 is 4.79 Å². The van der Waals surface area contributed by atoms with Crippen LogP contribution in [0.1, 0.15) is 49.2 Å². The van der Waals surface area contributed by atoms with Crippen LogP contribution < -0.4 is 16.0 Å². The normalized spacial score (nSPS) is 11.8. The average Bonchev–Trinajstić information content (AvgIpc) is 2.63. The Hall–Kier alpha value is -2.53. The highest BCUT2D eigenvalue weighted by molar-refractivity contribution is 6.30. The summed E-state index contributed by atoms with van der Waals surface area (Å²) >= 11 is 6.03. The molecule has 6 heteroatoms. The van der Waals surface area contributed by atoms with Crippen LogP contribution in [0.15, 0.2) is 53.5 Å². The lowest BCUT2D eigenvalue weighted by Gasteiger charge is -2.20. The van der Waals surface area contributed by atoms with Crippen molar-refractivity contribution in [2.75, 3.05) is 6.54 Å². The average molecular weight is 401 g/mol. The third-order valence-corrected chi connectivity index (χ3v) is 4.03. The quantitative estimate of drug-likeness (QED) is 0.504. The molecule has 0 heterocycles. The molecule has 0 saturated carbocycles. The van der Waals surface area contributed by atoms with Gasteiger partial charge >= 0.3 is 0 Å². The highest BCUT2D eigenvalue weighted by atomic mass is 35.5. The van der Waals surface area contributed by atoms with E-state index in [4.69, 9.17) is 11.6 Å². The predicted octanol–water partition coefficient (Wildman–Crippen LogP) is 4.12. The van der Waals surface area contributed by atoms with Gasteiger partial charge in [-0.2, -0.15) is 0 Å². The first kappa shape index (κ1) is 21.8. The highest BCUT2D eigenvalue weighted by Crippen LogP contribution is 2.11. The van der Waals surface area contributed by atoms with Gasteiger partial charge in [0.25, 0.3) is 5.91 Å². The molecule has 0 spiro atoms. The fourth-order valence-electron chi connectivity index (χ4n) is 2.57. The maximum Gasteiger partial charge on any atom is 0.251 e. The van der Waals surface area contributed by atoms with Gasteiger partial charge in [-0.3, -0.25) is 4.79 Å². The van der Waals surface area contributed by atoms with Crippen molar-refractivity contribution in [2.45, 2.75) is 46.3 Å². The van der Waals surface area contributed by atoms with Crippen molar-refractivity contribution in [3.63, 3.8) is 0 Å². The standard InChI is InChI=1S/C22H29ClN4O/c1-5-24-21(26-15-17-9-7-11-19(23)13-17)25-14-16-8-6-10-18(12-16)20(28)27-22(2,3)4/h6-13H,5,14-15H2,1-4H3,(H,27,28)(H2,24,25,26). The molecule has 2 aromatic rings. The Morgan fingerprint density at radius 3 is 2.43 bits per heavy atom. The minimum Gasteiger partial charge on any atom is -0.357 e. The number of aliphatic imine (C=N–C) groups is 1. The lowest BCUT2D eigenvalue weighted by atomic mass is 10.1. The number of nitrogens with one attached hydrogen (secondary N) is 3. The van der Waals surface area contributed by atoms with Gasteiger partial charge in [-0.05, 0) is 63.1 Å². The van der Waals surface area contributed by atoms with Crippen LogP contribution in [-0.4, -0.2) is 24.0 Å². The molecule has 0 aliphatic carbocycles. The SMILES string of the molecule is CCNC(=NCc1cccc(Cl)c1)NCc1cccc(C(=O)NC(C)(C)C)c1. The second kappa shape index (κ2) is 10.1. The summed E-state index contributed by atoms with van der Waals surface area (Å²) in [4.78, 5) is 17.0. The van der Waals surface area contributed by atoms with E-state index in [-0.39, 0.29) is 11.4 Å². The van der Waals surface area contributed by atoms with Crippen molar-refractivity contribution in [3.8, 4) is 0 Å². The molecule has 0 fully saturated rings.